The number of methoxy groups -OCH3 is 1. The maximum Gasteiger partial charge on any atom is 0.338 e. The summed E-state index contributed by atoms with van der Waals surface area (Å²) >= 11 is 0. The Bertz CT molecular complexity index is 262. The molecule has 0 unspecified atom stereocenters. The largest absolute Gasteiger partial charge is 0.465 e. The molecule has 1 aliphatic rings. The van der Waals surface area contributed by atoms with Gasteiger partial charge < -0.3 is 4.74 Å². The smallest absolute Gasteiger partial charge is 0.338 e. The molecule has 0 aromatic heterocycles. The molecule has 0 amide bonds. The summed E-state index contributed by atoms with van der Waals surface area (Å²) in [5.74, 6) is -0.437. The summed E-state index contributed by atoms with van der Waals surface area (Å²) in [7, 11) is 1.31. The van der Waals surface area contributed by atoms with Gasteiger partial charge in [-0.1, -0.05) is 26.0 Å². The minimum atomic E-state index is -0.437. The molecule has 0 heterocycles. The number of aldehydes is 1. The zero-order valence-electron chi connectivity index (χ0n) is 8.87. The van der Waals surface area contributed by atoms with Gasteiger partial charge in [-0.05, 0) is 12.8 Å². The molecule has 3 nitrogen and oxygen atoms in total. The molecule has 1 rings (SSSR count). The number of allylic oxidation sites excluding steroid dienone is 2. The molecule has 3 heteroatoms. The molecule has 0 aromatic rings. The normalized spacial score (nSPS) is 14.2. The van der Waals surface area contributed by atoms with Crippen LogP contribution in [-0.4, -0.2) is 19.4 Å². The van der Waals surface area contributed by atoms with Crippen molar-refractivity contribution in [1.29, 1.82) is 0 Å². The van der Waals surface area contributed by atoms with Gasteiger partial charge >= 0.3 is 5.97 Å². The molecule has 0 atom stereocenters. The average molecular weight is 196 g/mol. The summed E-state index contributed by atoms with van der Waals surface area (Å²) in [5, 5.41) is 0. The highest BCUT2D eigenvalue weighted by atomic mass is 16.5. The van der Waals surface area contributed by atoms with E-state index in [0.29, 0.717) is 17.4 Å². The lowest BCUT2D eigenvalue weighted by Crippen LogP contribution is -2.10. The number of esters is 1. The van der Waals surface area contributed by atoms with Gasteiger partial charge in [-0.3, -0.25) is 4.79 Å². The van der Waals surface area contributed by atoms with E-state index >= 15 is 0 Å². The van der Waals surface area contributed by atoms with E-state index in [9.17, 15) is 9.59 Å². The van der Waals surface area contributed by atoms with Crippen LogP contribution in [0.25, 0.3) is 0 Å². The monoisotopic (exact) mass is 196 g/mol. The van der Waals surface area contributed by atoms with E-state index < -0.39 is 5.97 Å². The molecule has 0 aromatic carbocycles. The third-order valence-corrected chi connectivity index (χ3v) is 1.72. The van der Waals surface area contributed by atoms with Gasteiger partial charge in [0.05, 0.1) is 12.7 Å². The third-order valence-electron chi connectivity index (χ3n) is 1.72. The average Bonchev–Trinajstić information content (AvgIpc) is 2.30. The highest BCUT2D eigenvalue weighted by Crippen LogP contribution is 2.17. The summed E-state index contributed by atoms with van der Waals surface area (Å²) in [6.45, 7) is 4.00. The van der Waals surface area contributed by atoms with Gasteiger partial charge in [-0.15, -0.1) is 0 Å². The molecule has 0 bridgehead atoms. The number of hydrogen-bond acceptors (Lipinski definition) is 3. The third kappa shape index (κ3) is 3.17. The first kappa shape index (κ1) is 12.6. The first-order valence-electron chi connectivity index (χ1n) is 4.73. The Kier molecular flexibility index (Phi) is 6.37. The van der Waals surface area contributed by atoms with E-state index in [-0.39, 0.29) is 0 Å². The van der Waals surface area contributed by atoms with Crippen LogP contribution < -0.4 is 0 Å². The van der Waals surface area contributed by atoms with Crippen LogP contribution in [0.5, 0.6) is 0 Å². The first-order valence-corrected chi connectivity index (χ1v) is 4.73. The Morgan fingerprint density at radius 2 is 1.93 bits per heavy atom. The standard InChI is InChI=1S/C9H10O3.C2H6/c1-12-9(11)8-5-3-2-4-7(8)6-10;1-2/h4-6H,2-3H2,1H3;1-2H3. The van der Waals surface area contributed by atoms with Crippen LogP contribution in [0, 0.1) is 0 Å². The second kappa shape index (κ2) is 7.06. The van der Waals surface area contributed by atoms with E-state index in [4.69, 9.17) is 0 Å². The molecule has 0 spiro atoms. The lowest BCUT2D eigenvalue weighted by Gasteiger charge is -2.08. The van der Waals surface area contributed by atoms with E-state index in [1.54, 1.807) is 12.2 Å². The van der Waals surface area contributed by atoms with Crippen molar-refractivity contribution in [1.82, 2.24) is 0 Å². The Labute approximate surface area is 84.4 Å². The summed E-state index contributed by atoms with van der Waals surface area (Å²) in [5.41, 5.74) is 0.826. The fourth-order valence-electron chi connectivity index (χ4n) is 1.12. The number of carbonyl (C=O) groups excluding carboxylic acids is 2. The molecule has 0 saturated heterocycles. The van der Waals surface area contributed by atoms with E-state index in [0.717, 1.165) is 12.8 Å². The van der Waals surface area contributed by atoms with Crippen molar-refractivity contribution >= 4 is 12.3 Å². The molecular formula is C11H16O3. The fraction of sp³-hybridized carbons (Fsp3) is 0.455. The SMILES string of the molecule is CC.COC(=O)C1=CCCC=C1C=O. The van der Waals surface area contributed by atoms with Crippen molar-refractivity contribution in [3.8, 4) is 0 Å². The van der Waals surface area contributed by atoms with Gasteiger partial charge in [0.1, 0.15) is 0 Å². The molecular weight excluding hydrogens is 180 g/mol. The Hall–Kier alpha value is -1.38. The van der Waals surface area contributed by atoms with Gasteiger partial charge in [0.25, 0.3) is 0 Å². The first-order chi connectivity index (χ1) is 6.79. The summed E-state index contributed by atoms with van der Waals surface area (Å²) < 4.78 is 4.51. The number of hydrogen-bond donors (Lipinski definition) is 0. The van der Waals surface area contributed by atoms with Crippen molar-refractivity contribution in [3.63, 3.8) is 0 Å². The van der Waals surface area contributed by atoms with Crippen LogP contribution in [0.2, 0.25) is 0 Å². The lowest BCUT2D eigenvalue weighted by molar-refractivity contribution is -0.136. The van der Waals surface area contributed by atoms with Crippen molar-refractivity contribution < 1.29 is 14.3 Å². The van der Waals surface area contributed by atoms with Crippen molar-refractivity contribution in [3.05, 3.63) is 23.3 Å². The minimum absolute atomic E-state index is 0.388. The van der Waals surface area contributed by atoms with Crippen LogP contribution in [0.4, 0.5) is 0 Å². The van der Waals surface area contributed by atoms with Crippen LogP contribution in [0.3, 0.4) is 0 Å². The van der Waals surface area contributed by atoms with Crippen LogP contribution in [0.1, 0.15) is 26.7 Å². The number of rotatable bonds is 2. The highest BCUT2D eigenvalue weighted by molar-refractivity contribution is 6.02. The summed E-state index contributed by atoms with van der Waals surface area (Å²) in [4.78, 5) is 21.5. The molecule has 0 fully saturated rings. The van der Waals surface area contributed by atoms with Gasteiger partial charge in [0.15, 0.2) is 6.29 Å². The molecule has 0 N–H and O–H groups in total. The van der Waals surface area contributed by atoms with Crippen molar-refractivity contribution in [2.75, 3.05) is 7.11 Å². The van der Waals surface area contributed by atoms with Crippen LogP contribution >= 0.6 is 0 Å². The van der Waals surface area contributed by atoms with E-state index in [2.05, 4.69) is 4.74 Å². The van der Waals surface area contributed by atoms with Crippen LogP contribution in [-0.2, 0) is 14.3 Å². The minimum Gasteiger partial charge on any atom is -0.465 e. The number of ether oxygens (including phenoxy) is 1. The summed E-state index contributed by atoms with van der Waals surface area (Å²) in [6, 6.07) is 0. The van der Waals surface area contributed by atoms with E-state index in [1.807, 2.05) is 13.8 Å². The van der Waals surface area contributed by atoms with Crippen molar-refractivity contribution in [2.24, 2.45) is 0 Å². The highest BCUT2D eigenvalue weighted by Gasteiger charge is 2.15. The van der Waals surface area contributed by atoms with Gasteiger partial charge in [-0.2, -0.15) is 0 Å². The molecule has 78 valence electrons. The maximum absolute atomic E-state index is 11.0. The molecule has 0 radical (unpaired) electrons. The second-order valence-electron chi connectivity index (χ2n) is 2.46. The fourth-order valence-corrected chi connectivity index (χ4v) is 1.12. The molecule has 0 aliphatic heterocycles. The molecule has 0 saturated carbocycles. The Morgan fingerprint density at radius 3 is 2.43 bits per heavy atom. The zero-order valence-corrected chi connectivity index (χ0v) is 8.87. The topological polar surface area (TPSA) is 43.4 Å². The van der Waals surface area contributed by atoms with Gasteiger partial charge in [-0.25, -0.2) is 4.79 Å². The molecule has 14 heavy (non-hydrogen) atoms. The van der Waals surface area contributed by atoms with Crippen LogP contribution in [0.15, 0.2) is 23.3 Å². The molecule has 1 aliphatic carbocycles. The van der Waals surface area contributed by atoms with Gasteiger partial charge in [0.2, 0.25) is 0 Å². The number of carbonyl (C=O) groups is 2. The Balaban J connectivity index is 0.000000791. The maximum atomic E-state index is 11.0. The Morgan fingerprint density at radius 1 is 1.36 bits per heavy atom. The summed E-state index contributed by atoms with van der Waals surface area (Å²) in [6.07, 6.45) is 5.77. The van der Waals surface area contributed by atoms with E-state index in [1.165, 1.54) is 7.11 Å². The van der Waals surface area contributed by atoms with Crippen molar-refractivity contribution in [2.45, 2.75) is 26.7 Å². The zero-order chi connectivity index (χ0) is 11.0. The predicted octanol–water partition coefficient (Wildman–Crippen LogP) is 2.03. The lowest BCUT2D eigenvalue weighted by atomic mass is 9.99. The predicted molar refractivity (Wildman–Crippen MR) is 54.8 cm³/mol. The quantitative estimate of drug-likeness (QED) is 0.501. The van der Waals surface area contributed by atoms with Gasteiger partial charge in [0, 0.05) is 5.57 Å². The second-order valence-corrected chi connectivity index (χ2v) is 2.46.